The summed E-state index contributed by atoms with van der Waals surface area (Å²) in [6.07, 6.45) is 5.67. The molecule has 6 nitrogen and oxygen atoms in total. The Bertz CT molecular complexity index is 1180. The summed E-state index contributed by atoms with van der Waals surface area (Å²) in [5.41, 5.74) is 4.35. The summed E-state index contributed by atoms with van der Waals surface area (Å²) in [7, 11) is -1.80. The molecule has 1 aromatic heterocycles. The van der Waals surface area contributed by atoms with Gasteiger partial charge in [0.05, 0.1) is 6.20 Å². The summed E-state index contributed by atoms with van der Waals surface area (Å²) < 4.78 is 39.2. The molecule has 170 valence electrons. The fraction of sp³-hybridized carbons (Fsp3) is 0.375. The molecule has 2 unspecified atom stereocenters. The van der Waals surface area contributed by atoms with E-state index in [0.717, 1.165) is 24.9 Å². The third kappa shape index (κ3) is 5.09. The fourth-order valence-electron chi connectivity index (χ4n) is 4.74. The van der Waals surface area contributed by atoms with E-state index >= 15 is 0 Å². The van der Waals surface area contributed by atoms with Gasteiger partial charge in [-0.25, -0.2) is 17.9 Å². The number of sulfonamides is 1. The molecule has 32 heavy (non-hydrogen) atoms. The Hall–Kier alpha value is -2.55. The maximum atomic E-state index is 14.9. The van der Waals surface area contributed by atoms with Gasteiger partial charge < -0.3 is 5.32 Å². The van der Waals surface area contributed by atoms with Gasteiger partial charge in [-0.3, -0.25) is 4.68 Å². The number of halogens is 1. The first kappa shape index (κ1) is 22.6. The zero-order valence-electron chi connectivity index (χ0n) is 18.2. The zero-order valence-corrected chi connectivity index (χ0v) is 19.0. The van der Waals surface area contributed by atoms with Crippen LogP contribution in [0.25, 0.3) is 0 Å². The smallest absolute Gasteiger partial charge is 0.241 e. The zero-order chi connectivity index (χ0) is 22.7. The third-order valence-corrected chi connectivity index (χ3v) is 7.16. The molecule has 0 spiro atoms. The van der Waals surface area contributed by atoms with Crippen molar-refractivity contribution in [2.45, 2.75) is 43.0 Å². The van der Waals surface area contributed by atoms with Gasteiger partial charge in [-0.05, 0) is 79.4 Å². The molecular formula is C24H29FN4O2S. The molecule has 0 amide bonds. The lowest BCUT2D eigenvalue weighted by molar-refractivity contribution is 0.436. The summed E-state index contributed by atoms with van der Waals surface area (Å²) in [6.45, 7) is 1.39. The lowest BCUT2D eigenvalue weighted by atomic mass is 9.86. The molecule has 0 fully saturated rings. The summed E-state index contributed by atoms with van der Waals surface area (Å²) in [6, 6.07) is 14.2. The molecule has 3 N–H and O–H groups in total. The van der Waals surface area contributed by atoms with Crippen molar-refractivity contribution in [1.29, 1.82) is 0 Å². The molecule has 0 bridgehead atoms. The first-order valence-corrected chi connectivity index (χ1v) is 12.4. The van der Waals surface area contributed by atoms with Crippen molar-refractivity contribution < 1.29 is 12.8 Å². The van der Waals surface area contributed by atoms with Crippen molar-refractivity contribution in [2.24, 2.45) is 11.1 Å². The summed E-state index contributed by atoms with van der Waals surface area (Å²) >= 11 is 0. The van der Waals surface area contributed by atoms with Crippen LogP contribution in [0.3, 0.4) is 0 Å². The van der Waals surface area contributed by atoms with Gasteiger partial charge in [-0.1, -0.05) is 36.4 Å². The number of primary sulfonamides is 1. The van der Waals surface area contributed by atoms with E-state index in [1.54, 1.807) is 6.07 Å². The molecule has 0 saturated heterocycles. The number of fused-ring (bicyclic) bond motifs is 1. The normalized spacial score (nSPS) is 18.1. The highest BCUT2D eigenvalue weighted by molar-refractivity contribution is 7.89. The quantitative estimate of drug-likeness (QED) is 0.518. The predicted octanol–water partition coefficient (Wildman–Crippen LogP) is 3.02. The minimum atomic E-state index is -3.76. The highest BCUT2D eigenvalue weighted by atomic mass is 32.2. The minimum absolute atomic E-state index is 0.0134. The van der Waals surface area contributed by atoms with E-state index in [9.17, 15) is 12.8 Å². The second-order valence-corrected chi connectivity index (χ2v) is 10.1. The van der Waals surface area contributed by atoms with E-state index in [-0.39, 0.29) is 10.7 Å². The molecule has 8 heteroatoms. The number of hydrogen-bond acceptors (Lipinski definition) is 4. The Morgan fingerprint density at radius 2 is 2.03 bits per heavy atom. The number of benzene rings is 2. The number of rotatable bonds is 9. The molecule has 0 saturated carbocycles. The molecule has 2 aromatic carbocycles. The van der Waals surface area contributed by atoms with Gasteiger partial charge in [-0.2, -0.15) is 5.10 Å². The van der Waals surface area contributed by atoms with E-state index in [1.165, 1.54) is 28.2 Å². The van der Waals surface area contributed by atoms with Crippen LogP contribution >= 0.6 is 0 Å². The first-order chi connectivity index (χ1) is 15.3. The van der Waals surface area contributed by atoms with E-state index in [1.807, 2.05) is 19.2 Å². The second-order valence-electron chi connectivity index (χ2n) is 8.55. The molecule has 4 rings (SSSR count). The van der Waals surface area contributed by atoms with Gasteiger partial charge in [0, 0.05) is 12.7 Å². The van der Waals surface area contributed by atoms with Crippen molar-refractivity contribution in [1.82, 2.24) is 15.1 Å². The highest BCUT2D eigenvalue weighted by Gasteiger charge is 2.33. The van der Waals surface area contributed by atoms with Gasteiger partial charge in [0.2, 0.25) is 10.0 Å². The number of nitrogens with zero attached hydrogens (tertiary/aromatic N) is 2. The molecule has 1 heterocycles. The van der Waals surface area contributed by atoms with Gasteiger partial charge in [0.15, 0.2) is 0 Å². The molecular weight excluding hydrogens is 427 g/mol. The Morgan fingerprint density at radius 3 is 2.72 bits per heavy atom. The number of nitrogens with one attached hydrogen (secondary N) is 1. The van der Waals surface area contributed by atoms with Crippen molar-refractivity contribution in [3.8, 4) is 0 Å². The molecule has 2 atom stereocenters. The predicted molar refractivity (Wildman–Crippen MR) is 122 cm³/mol. The summed E-state index contributed by atoms with van der Waals surface area (Å²) in [5, 5.41) is 12.5. The highest BCUT2D eigenvalue weighted by Crippen LogP contribution is 2.41. The van der Waals surface area contributed by atoms with Crippen molar-refractivity contribution >= 4 is 10.0 Å². The standard InChI is InChI=1S/C24H29FN4O2S/c1-27-14-20-11-19-13-24(25)18(8-5-9-29-16-21(15-28-29)32(26,30)31)12-23(19)22(20)10-17-6-3-2-4-7-17/h2-4,6-7,12-13,15-16,20,22,27H,5,8-11,14H2,1H3,(H2,26,30,31). The van der Waals surface area contributed by atoms with Gasteiger partial charge >= 0.3 is 0 Å². The lowest BCUT2D eigenvalue weighted by Crippen LogP contribution is -2.23. The van der Waals surface area contributed by atoms with Gasteiger partial charge in [-0.15, -0.1) is 0 Å². The SMILES string of the molecule is CNCC1Cc2cc(F)c(CCCn3cc(S(N)(=O)=O)cn3)cc2C1Cc1ccccc1. The Labute approximate surface area is 188 Å². The summed E-state index contributed by atoms with van der Waals surface area (Å²) in [4.78, 5) is -0.0134. The minimum Gasteiger partial charge on any atom is -0.319 e. The number of hydrogen-bond donors (Lipinski definition) is 2. The van der Waals surface area contributed by atoms with E-state index < -0.39 is 10.0 Å². The Balaban J connectivity index is 1.50. The fourth-order valence-corrected chi connectivity index (χ4v) is 5.20. The molecule has 1 aliphatic rings. The van der Waals surface area contributed by atoms with Crippen LogP contribution in [0.15, 0.2) is 59.8 Å². The van der Waals surface area contributed by atoms with E-state index in [0.29, 0.717) is 36.8 Å². The molecule has 0 aliphatic heterocycles. The van der Waals surface area contributed by atoms with Crippen LogP contribution in [0.4, 0.5) is 4.39 Å². The average molecular weight is 457 g/mol. The molecule has 1 aliphatic carbocycles. The Kier molecular flexibility index (Phi) is 6.74. The van der Waals surface area contributed by atoms with Crippen LogP contribution in [0.5, 0.6) is 0 Å². The van der Waals surface area contributed by atoms with Crippen LogP contribution in [0.1, 0.15) is 34.6 Å². The van der Waals surface area contributed by atoms with Crippen LogP contribution in [0.2, 0.25) is 0 Å². The van der Waals surface area contributed by atoms with Crippen LogP contribution in [0, 0.1) is 11.7 Å². The third-order valence-electron chi connectivity index (χ3n) is 6.30. The van der Waals surface area contributed by atoms with Crippen LogP contribution < -0.4 is 10.5 Å². The Morgan fingerprint density at radius 1 is 1.25 bits per heavy atom. The summed E-state index contributed by atoms with van der Waals surface area (Å²) in [5.74, 6) is 0.617. The monoisotopic (exact) mass is 456 g/mol. The van der Waals surface area contributed by atoms with E-state index in [2.05, 4.69) is 34.7 Å². The lowest BCUT2D eigenvalue weighted by Gasteiger charge is -2.21. The second kappa shape index (κ2) is 9.52. The largest absolute Gasteiger partial charge is 0.319 e. The topological polar surface area (TPSA) is 90.0 Å². The molecule has 0 radical (unpaired) electrons. The van der Waals surface area contributed by atoms with Crippen LogP contribution in [-0.2, 0) is 35.8 Å². The van der Waals surface area contributed by atoms with E-state index in [4.69, 9.17) is 5.14 Å². The van der Waals surface area contributed by atoms with Crippen molar-refractivity contribution in [2.75, 3.05) is 13.6 Å². The number of aromatic nitrogens is 2. The maximum Gasteiger partial charge on any atom is 0.241 e. The van der Waals surface area contributed by atoms with Crippen molar-refractivity contribution in [3.05, 3.63) is 82.9 Å². The van der Waals surface area contributed by atoms with Gasteiger partial charge in [0.1, 0.15) is 10.7 Å². The maximum absolute atomic E-state index is 14.9. The number of nitrogens with two attached hydrogens (primary N) is 1. The van der Waals surface area contributed by atoms with Gasteiger partial charge in [0.25, 0.3) is 0 Å². The van der Waals surface area contributed by atoms with Crippen LogP contribution in [-0.4, -0.2) is 31.8 Å². The number of aryl methyl sites for hydroxylation is 2. The molecule has 3 aromatic rings. The average Bonchev–Trinajstić information content (AvgIpc) is 3.35. The van der Waals surface area contributed by atoms with Crippen molar-refractivity contribution in [3.63, 3.8) is 0 Å². The first-order valence-electron chi connectivity index (χ1n) is 10.9.